The third-order valence-electron chi connectivity index (χ3n) is 1.32. The van der Waals surface area contributed by atoms with Crippen LogP contribution in [0.4, 0.5) is 4.79 Å². The molecule has 0 saturated carbocycles. The number of hydrogen-bond donors (Lipinski definition) is 1. The average molecular weight is 256 g/mol. The van der Waals surface area contributed by atoms with Gasteiger partial charge >= 0.3 is 6.09 Å². The summed E-state index contributed by atoms with van der Waals surface area (Å²) < 4.78 is 6.44. The van der Waals surface area contributed by atoms with Gasteiger partial charge in [0.05, 0.1) is 29.4 Å². The highest BCUT2D eigenvalue weighted by atomic mass is 127. The first kappa shape index (κ1) is 8.06. The third kappa shape index (κ3) is 1.72. The van der Waals surface area contributed by atoms with Crippen LogP contribution in [0.1, 0.15) is 6.42 Å². The van der Waals surface area contributed by atoms with E-state index in [0.29, 0.717) is 13.1 Å². The van der Waals surface area contributed by atoms with Crippen molar-refractivity contribution >= 4 is 29.0 Å². The van der Waals surface area contributed by atoms with Gasteiger partial charge in [-0.1, -0.05) is 0 Å². The predicted octanol–water partition coefficient (Wildman–Crippen LogP) is 0.506. The SMILES string of the molecule is NCC[C@H]1CN(I)C(=O)O1. The van der Waals surface area contributed by atoms with Crippen molar-refractivity contribution in [3.8, 4) is 0 Å². The molecule has 1 atom stereocenters. The zero-order valence-corrected chi connectivity index (χ0v) is 7.58. The Morgan fingerprint density at radius 3 is 3.00 bits per heavy atom. The lowest BCUT2D eigenvalue weighted by atomic mass is 10.3. The van der Waals surface area contributed by atoms with Gasteiger partial charge in [-0.2, -0.15) is 0 Å². The fraction of sp³-hybridized carbons (Fsp3) is 0.800. The molecule has 2 N–H and O–H groups in total. The zero-order chi connectivity index (χ0) is 7.56. The summed E-state index contributed by atoms with van der Waals surface area (Å²) in [5.74, 6) is 0. The van der Waals surface area contributed by atoms with E-state index in [9.17, 15) is 4.79 Å². The molecule has 10 heavy (non-hydrogen) atoms. The van der Waals surface area contributed by atoms with Gasteiger partial charge in [-0.3, -0.25) is 0 Å². The number of nitrogens with two attached hydrogens (primary N) is 1. The molecule has 5 heteroatoms. The first-order valence-corrected chi connectivity index (χ1v) is 4.04. The number of ether oxygens (including phenoxy) is 1. The fourth-order valence-electron chi connectivity index (χ4n) is 0.826. The summed E-state index contributed by atoms with van der Waals surface area (Å²) in [4.78, 5) is 10.7. The Kier molecular flexibility index (Phi) is 2.72. The molecule has 1 saturated heterocycles. The first-order chi connectivity index (χ1) is 4.74. The lowest BCUT2D eigenvalue weighted by Crippen LogP contribution is -2.17. The molecule has 1 amide bonds. The van der Waals surface area contributed by atoms with Gasteiger partial charge in [0.2, 0.25) is 0 Å². The predicted molar refractivity (Wildman–Crippen MR) is 44.7 cm³/mol. The number of nitrogens with zero attached hydrogens (tertiary/aromatic N) is 1. The monoisotopic (exact) mass is 256 g/mol. The van der Waals surface area contributed by atoms with E-state index < -0.39 is 0 Å². The molecule has 0 unspecified atom stereocenters. The van der Waals surface area contributed by atoms with E-state index in [0.717, 1.165) is 6.42 Å². The number of carbonyl (C=O) groups is 1. The van der Waals surface area contributed by atoms with Gasteiger partial charge in [0, 0.05) is 0 Å². The molecular weight excluding hydrogens is 247 g/mol. The van der Waals surface area contributed by atoms with Crippen molar-refractivity contribution < 1.29 is 9.53 Å². The Bertz CT molecular complexity index is 142. The van der Waals surface area contributed by atoms with Crippen molar-refractivity contribution in [3.05, 3.63) is 0 Å². The average Bonchev–Trinajstić information content (AvgIpc) is 2.14. The molecule has 4 nitrogen and oxygen atoms in total. The highest BCUT2D eigenvalue weighted by Crippen LogP contribution is 2.16. The van der Waals surface area contributed by atoms with E-state index >= 15 is 0 Å². The van der Waals surface area contributed by atoms with Crippen molar-refractivity contribution in [1.29, 1.82) is 0 Å². The van der Waals surface area contributed by atoms with Gasteiger partial charge in [-0.15, -0.1) is 0 Å². The minimum Gasteiger partial charge on any atom is -0.444 e. The van der Waals surface area contributed by atoms with Gasteiger partial charge < -0.3 is 10.5 Å². The molecule has 0 radical (unpaired) electrons. The summed E-state index contributed by atoms with van der Waals surface area (Å²) in [5.41, 5.74) is 5.29. The minimum atomic E-state index is -0.251. The fourth-order valence-corrected chi connectivity index (χ4v) is 1.38. The molecule has 58 valence electrons. The summed E-state index contributed by atoms with van der Waals surface area (Å²) in [6.07, 6.45) is 0.513. The van der Waals surface area contributed by atoms with Gasteiger partial charge in [-0.25, -0.2) is 7.91 Å². The highest BCUT2D eigenvalue weighted by Gasteiger charge is 2.28. The maximum atomic E-state index is 10.7. The number of amides is 1. The second-order valence-electron chi connectivity index (χ2n) is 2.13. The quantitative estimate of drug-likeness (QED) is 0.578. The van der Waals surface area contributed by atoms with Crippen molar-refractivity contribution in [2.45, 2.75) is 12.5 Å². The lowest BCUT2D eigenvalue weighted by Gasteiger charge is -2.02. The van der Waals surface area contributed by atoms with Crippen LogP contribution in [0.15, 0.2) is 0 Å². The van der Waals surface area contributed by atoms with Gasteiger partial charge in [0.25, 0.3) is 0 Å². The molecule has 0 aliphatic carbocycles. The van der Waals surface area contributed by atoms with E-state index in [4.69, 9.17) is 10.5 Å². The van der Waals surface area contributed by atoms with Crippen LogP contribution in [-0.4, -0.2) is 28.4 Å². The number of rotatable bonds is 2. The standard InChI is InChI=1S/C5H9IN2O2/c6-8-3-4(1-2-7)10-5(8)9/h4H,1-3,7H2/t4-/m0/s1. The summed E-state index contributed by atoms with van der Waals surface area (Å²) in [6.45, 7) is 1.24. The Balaban J connectivity index is 2.34. The van der Waals surface area contributed by atoms with Gasteiger partial charge in [0.1, 0.15) is 6.10 Å². The minimum absolute atomic E-state index is 0.00870. The molecule has 0 bridgehead atoms. The van der Waals surface area contributed by atoms with Crippen molar-refractivity contribution in [3.63, 3.8) is 0 Å². The van der Waals surface area contributed by atoms with Crippen LogP contribution < -0.4 is 5.73 Å². The Morgan fingerprint density at radius 1 is 1.90 bits per heavy atom. The molecule has 0 aromatic carbocycles. The van der Waals surface area contributed by atoms with Crippen LogP contribution in [0.5, 0.6) is 0 Å². The van der Waals surface area contributed by atoms with Crippen molar-refractivity contribution in [2.24, 2.45) is 5.73 Å². The number of halogens is 1. The van der Waals surface area contributed by atoms with Gasteiger partial charge in [-0.05, 0) is 13.0 Å². The van der Waals surface area contributed by atoms with Crippen LogP contribution in [0, 0.1) is 0 Å². The smallest absolute Gasteiger partial charge is 0.419 e. The molecule has 1 rings (SSSR count). The molecule has 0 aromatic heterocycles. The third-order valence-corrected chi connectivity index (χ3v) is 2.11. The maximum Gasteiger partial charge on any atom is 0.419 e. The van der Waals surface area contributed by atoms with Crippen LogP contribution in [0.2, 0.25) is 0 Å². The van der Waals surface area contributed by atoms with Crippen LogP contribution in [-0.2, 0) is 4.74 Å². The molecular formula is C5H9IN2O2. The summed E-state index contributed by atoms with van der Waals surface area (Å²) in [7, 11) is 0. The van der Waals surface area contributed by atoms with E-state index in [2.05, 4.69) is 0 Å². The van der Waals surface area contributed by atoms with E-state index in [1.807, 2.05) is 22.9 Å². The van der Waals surface area contributed by atoms with Crippen LogP contribution in [0.25, 0.3) is 0 Å². The van der Waals surface area contributed by atoms with E-state index in [-0.39, 0.29) is 12.2 Å². The number of hydrogen-bond acceptors (Lipinski definition) is 3. The Labute approximate surface area is 73.2 Å². The zero-order valence-electron chi connectivity index (χ0n) is 5.42. The molecule has 0 spiro atoms. The highest BCUT2D eigenvalue weighted by molar-refractivity contribution is 14.1. The Hall–Kier alpha value is -0.0400. The molecule has 1 fully saturated rings. The van der Waals surface area contributed by atoms with Crippen molar-refractivity contribution in [2.75, 3.05) is 13.1 Å². The van der Waals surface area contributed by atoms with Gasteiger partial charge in [0.15, 0.2) is 0 Å². The first-order valence-electron chi connectivity index (χ1n) is 3.08. The number of carbonyl (C=O) groups excluding carboxylic acids is 1. The molecule has 1 aliphatic rings. The topological polar surface area (TPSA) is 55.6 Å². The van der Waals surface area contributed by atoms with E-state index in [1.54, 1.807) is 0 Å². The largest absolute Gasteiger partial charge is 0.444 e. The van der Waals surface area contributed by atoms with Crippen molar-refractivity contribution in [1.82, 2.24) is 3.11 Å². The van der Waals surface area contributed by atoms with E-state index in [1.165, 1.54) is 3.11 Å². The normalized spacial score (nSPS) is 25.2. The lowest BCUT2D eigenvalue weighted by molar-refractivity contribution is 0.135. The second-order valence-corrected chi connectivity index (χ2v) is 3.29. The molecule has 1 aliphatic heterocycles. The maximum absolute atomic E-state index is 10.7. The number of cyclic esters (lactones) is 1. The second kappa shape index (κ2) is 3.38. The summed E-state index contributed by atoms with van der Waals surface area (Å²) in [5, 5.41) is 0. The Morgan fingerprint density at radius 2 is 2.60 bits per heavy atom. The van der Waals surface area contributed by atoms with Crippen LogP contribution in [0.3, 0.4) is 0 Å². The van der Waals surface area contributed by atoms with Crippen LogP contribution >= 0.6 is 22.9 Å². The summed E-state index contributed by atoms with van der Waals surface area (Å²) in [6, 6.07) is 0. The molecule has 0 aromatic rings. The summed E-state index contributed by atoms with van der Waals surface area (Å²) >= 11 is 1.93. The molecule has 1 heterocycles.